The monoisotopic (exact) mass is 224 g/mol. The first-order valence-corrected chi connectivity index (χ1v) is 5.92. The zero-order chi connectivity index (χ0) is 12.2. The Hall–Kier alpha value is -0.800. The van der Waals surface area contributed by atoms with Crippen LogP contribution in [0.4, 0.5) is 0 Å². The molecule has 1 N–H and O–H groups in total. The lowest BCUT2D eigenvalue weighted by Crippen LogP contribution is -2.34. The van der Waals surface area contributed by atoms with E-state index in [0.717, 1.165) is 31.2 Å². The molecule has 1 heterocycles. The van der Waals surface area contributed by atoms with E-state index in [9.17, 15) is 0 Å². The van der Waals surface area contributed by atoms with Gasteiger partial charge in [0.1, 0.15) is 11.5 Å². The van der Waals surface area contributed by atoms with E-state index in [2.05, 4.69) is 57.1 Å². The second-order valence-electron chi connectivity index (χ2n) is 5.30. The highest BCUT2D eigenvalue weighted by molar-refractivity contribution is 5.07. The smallest absolute Gasteiger partial charge is 0.118 e. The molecule has 0 spiro atoms. The van der Waals surface area contributed by atoms with E-state index in [0.29, 0.717) is 0 Å². The predicted octanol–water partition coefficient (Wildman–Crippen LogP) is 2.62. The number of nitrogens with one attached hydrogen (secondary N) is 1. The van der Waals surface area contributed by atoms with Gasteiger partial charge in [0.05, 0.1) is 13.1 Å². The Balaban J connectivity index is 2.45. The van der Waals surface area contributed by atoms with Gasteiger partial charge in [-0.2, -0.15) is 0 Å². The number of hydrogen-bond acceptors (Lipinski definition) is 3. The molecule has 0 aromatic carbocycles. The topological polar surface area (TPSA) is 28.4 Å². The molecule has 1 aromatic heterocycles. The van der Waals surface area contributed by atoms with Crippen LogP contribution < -0.4 is 5.32 Å². The zero-order valence-electron chi connectivity index (χ0n) is 11.1. The summed E-state index contributed by atoms with van der Waals surface area (Å²) in [6.07, 6.45) is 0. The quantitative estimate of drug-likeness (QED) is 0.833. The van der Waals surface area contributed by atoms with Crippen LogP contribution in [0.15, 0.2) is 16.5 Å². The Kier molecular flexibility index (Phi) is 4.56. The standard InChI is InChI=1S/C13H24N2O/c1-6-15(5)10-12-8-7-11(16-12)9-14-13(2,3)4/h7-8,14H,6,9-10H2,1-5H3. The molecule has 0 bridgehead atoms. The molecule has 0 saturated carbocycles. The Morgan fingerprint density at radius 3 is 2.44 bits per heavy atom. The van der Waals surface area contributed by atoms with Crippen LogP contribution in [0, 0.1) is 0 Å². The fraction of sp³-hybridized carbons (Fsp3) is 0.692. The van der Waals surface area contributed by atoms with Crippen molar-refractivity contribution in [2.45, 2.75) is 46.3 Å². The molecule has 3 heteroatoms. The molecule has 0 aliphatic rings. The van der Waals surface area contributed by atoms with Gasteiger partial charge in [0.25, 0.3) is 0 Å². The summed E-state index contributed by atoms with van der Waals surface area (Å²) in [5, 5.41) is 3.41. The van der Waals surface area contributed by atoms with Gasteiger partial charge < -0.3 is 9.73 Å². The Bertz CT molecular complexity index is 312. The second kappa shape index (κ2) is 5.51. The molecule has 0 radical (unpaired) electrons. The van der Waals surface area contributed by atoms with Crippen molar-refractivity contribution in [2.75, 3.05) is 13.6 Å². The highest BCUT2D eigenvalue weighted by atomic mass is 16.3. The molecular weight excluding hydrogens is 200 g/mol. The molecule has 16 heavy (non-hydrogen) atoms. The van der Waals surface area contributed by atoms with Gasteiger partial charge in [0.15, 0.2) is 0 Å². The summed E-state index contributed by atoms with van der Waals surface area (Å²) in [4.78, 5) is 2.22. The van der Waals surface area contributed by atoms with Crippen molar-refractivity contribution in [2.24, 2.45) is 0 Å². The highest BCUT2D eigenvalue weighted by Gasteiger charge is 2.10. The van der Waals surface area contributed by atoms with E-state index in [1.807, 2.05) is 0 Å². The summed E-state index contributed by atoms with van der Waals surface area (Å²) in [6.45, 7) is 11.3. The molecule has 0 atom stereocenters. The maximum Gasteiger partial charge on any atom is 0.118 e. The van der Waals surface area contributed by atoms with E-state index in [1.165, 1.54) is 0 Å². The lowest BCUT2D eigenvalue weighted by molar-refractivity contribution is 0.298. The maximum absolute atomic E-state index is 5.75. The summed E-state index contributed by atoms with van der Waals surface area (Å²) in [5.41, 5.74) is 0.132. The van der Waals surface area contributed by atoms with Gasteiger partial charge in [-0.3, -0.25) is 4.90 Å². The lowest BCUT2D eigenvalue weighted by Gasteiger charge is -2.19. The largest absolute Gasteiger partial charge is 0.463 e. The Labute approximate surface area is 98.8 Å². The zero-order valence-corrected chi connectivity index (χ0v) is 11.1. The van der Waals surface area contributed by atoms with Crippen molar-refractivity contribution in [3.05, 3.63) is 23.7 Å². The average molecular weight is 224 g/mol. The summed E-state index contributed by atoms with van der Waals surface area (Å²) in [6, 6.07) is 4.11. The van der Waals surface area contributed by atoms with Crippen molar-refractivity contribution < 1.29 is 4.42 Å². The van der Waals surface area contributed by atoms with E-state index in [4.69, 9.17) is 4.42 Å². The molecule has 0 saturated heterocycles. The summed E-state index contributed by atoms with van der Waals surface area (Å²) in [7, 11) is 2.09. The van der Waals surface area contributed by atoms with Gasteiger partial charge >= 0.3 is 0 Å². The summed E-state index contributed by atoms with van der Waals surface area (Å²) >= 11 is 0. The first-order chi connectivity index (χ1) is 7.40. The van der Waals surface area contributed by atoms with Crippen molar-refractivity contribution in [3.63, 3.8) is 0 Å². The SMILES string of the molecule is CCN(C)Cc1ccc(CNC(C)(C)C)o1. The Morgan fingerprint density at radius 2 is 1.88 bits per heavy atom. The normalized spacial score (nSPS) is 12.4. The number of furan rings is 1. The van der Waals surface area contributed by atoms with Crippen molar-refractivity contribution >= 4 is 0 Å². The fourth-order valence-electron chi connectivity index (χ4n) is 1.33. The van der Waals surface area contributed by atoms with Crippen LogP contribution in [0.3, 0.4) is 0 Å². The number of nitrogens with zero attached hydrogens (tertiary/aromatic N) is 1. The van der Waals surface area contributed by atoms with Gasteiger partial charge in [-0.1, -0.05) is 6.92 Å². The minimum absolute atomic E-state index is 0.132. The minimum atomic E-state index is 0.132. The first-order valence-electron chi connectivity index (χ1n) is 5.92. The molecule has 0 aliphatic heterocycles. The van der Waals surface area contributed by atoms with E-state index < -0.39 is 0 Å². The lowest BCUT2D eigenvalue weighted by atomic mass is 10.1. The van der Waals surface area contributed by atoms with Gasteiger partial charge in [-0.05, 0) is 46.5 Å². The van der Waals surface area contributed by atoms with Crippen LogP contribution in [0.2, 0.25) is 0 Å². The highest BCUT2D eigenvalue weighted by Crippen LogP contribution is 2.11. The molecular formula is C13H24N2O. The number of rotatable bonds is 5. The van der Waals surface area contributed by atoms with Gasteiger partial charge in [0.2, 0.25) is 0 Å². The van der Waals surface area contributed by atoms with Crippen LogP contribution in [0.1, 0.15) is 39.2 Å². The first kappa shape index (κ1) is 13.3. The van der Waals surface area contributed by atoms with Gasteiger partial charge in [0, 0.05) is 5.54 Å². The molecule has 92 valence electrons. The van der Waals surface area contributed by atoms with Crippen LogP contribution in [-0.4, -0.2) is 24.0 Å². The molecule has 0 unspecified atom stereocenters. The van der Waals surface area contributed by atoms with Crippen molar-refractivity contribution in [3.8, 4) is 0 Å². The molecule has 1 rings (SSSR count). The van der Waals surface area contributed by atoms with E-state index in [1.54, 1.807) is 0 Å². The minimum Gasteiger partial charge on any atom is -0.463 e. The third-order valence-electron chi connectivity index (χ3n) is 2.48. The molecule has 0 fully saturated rings. The van der Waals surface area contributed by atoms with Crippen LogP contribution in [0.25, 0.3) is 0 Å². The van der Waals surface area contributed by atoms with Crippen molar-refractivity contribution in [1.29, 1.82) is 0 Å². The van der Waals surface area contributed by atoms with Crippen LogP contribution in [0.5, 0.6) is 0 Å². The van der Waals surface area contributed by atoms with Crippen molar-refractivity contribution in [1.82, 2.24) is 10.2 Å². The second-order valence-corrected chi connectivity index (χ2v) is 5.30. The predicted molar refractivity (Wildman–Crippen MR) is 67.3 cm³/mol. The average Bonchev–Trinajstić information content (AvgIpc) is 2.61. The Morgan fingerprint density at radius 1 is 1.25 bits per heavy atom. The summed E-state index contributed by atoms with van der Waals surface area (Å²) in [5.74, 6) is 2.05. The molecule has 0 aliphatic carbocycles. The third kappa shape index (κ3) is 4.81. The van der Waals surface area contributed by atoms with Gasteiger partial charge in [-0.15, -0.1) is 0 Å². The summed E-state index contributed by atoms with van der Waals surface area (Å²) < 4.78 is 5.75. The van der Waals surface area contributed by atoms with E-state index in [-0.39, 0.29) is 5.54 Å². The third-order valence-corrected chi connectivity index (χ3v) is 2.48. The number of hydrogen-bond donors (Lipinski definition) is 1. The van der Waals surface area contributed by atoms with E-state index >= 15 is 0 Å². The van der Waals surface area contributed by atoms with Gasteiger partial charge in [-0.25, -0.2) is 0 Å². The molecule has 0 amide bonds. The van der Waals surface area contributed by atoms with Crippen LogP contribution >= 0.6 is 0 Å². The maximum atomic E-state index is 5.75. The van der Waals surface area contributed by atoms with Crippen LogP contribution in [-0.2, 0) is 13.1 Å². The molecule has 3 nitrogen and oxygen atoms in total. The molecule has 1 aromatic rings. The fourth-order valence-corrected chi connectivity index (χ4v) is 1.33.